The smallest absolute Gasteiger partial charge is 0.272 e. The molecule has 6 rings (SSSR count). The van der Waals surface area contributed by atoms with Crippen molar-refractivity contribution in [3.63, 3.8) is 0 Å². The van der Waals surface area contributed by atoms with E-state index in [1.54, 1.807) is 11.1 Å². The van der Waals surface area contributed by atoms with Gasteiger partial charge in [0.15, 0.2) is 0 Å². The summed E-state index contributed by atoms with van der Waals surface area (Å²) in [4.78, 5) is 37.1. The number of amides is 2. The molecule has 0 unspecified atom stereocenters. The molecule has 0 radical (unpaired) electrons. The zero-order chi connectivity index (χ0) is 31.8. The van der Waals surface area contributed by atoms with Crippen molar-refractivity contribution in [3.05, 3.63) is 107 Å². The largest absolute Gasteiger partial charge is 0.311 e. The summed E-state index contributed by atoms with van der Waals surface area (Å²) in [5, 5.41) is 1.47. The van der Waals surface area contributed by atoms with Crippen molar-refractivity contribution in [2.24, 2.45) is 0 Å². The van der Waals surface area contributed by atoms with E-state index in [4.69, 9.17) is 0 Å². The molecule has 2 amide bonds. The molecule has 2 aliphatic rings. The fraction of sp³-hybridized carbons (Fsp3) is 0.314. The summed E-state index contributed by atoms with van der Waals surface area (Å²) in [7, 11) is 0. The van der Waals surface area contributed by atoms with Gasteiger partial charge < -0.3 is 9.80 Å². The molecule has 0 saturated heterocycles. The number of aromatic nitrogens is 2. The molecule has 10 heteroatoms. The summed E-state index contributed by atoms with van der Waals surface area (Å²) < 4.78 is 26.4. The number of benzene rings is 2. The Balaban J connectivity index is 0.000000179. The number of pyridine rings is 2. The molecule has 4 heterocycles. The molecule has 0 N–H and O–H groups in total. The molecule has 2 aliphatic heterocycles. The molecule has 2 aromatic carbocycles. The lowest BCUT2D eigenvalue weighted by atomic mass is 9.98. The molecule has 2 aromatic heterocycles. The van der Waals surface area contributed by atoms with E-state index in [1.807, 2.05) is 47.4 Å². The van der Waals surface area contributed by atoms with Crippen molar-refractivity contribution in [2.75, 3.05) is 34.4 Å². The van der Waals surface area contributed by atoms with Crippen LogP contribution in [0.2, 0.25) is 0 Å². The van der Waals surface area contributed by atoms with Gasteiger partial charge in [-0.15, -0.1) is 0 Å². The normalized spacial score (nSPS) is 14.1. The van der Waals surface area contributed by atoms with Gasteiger partial charge in [0.25, 0.3) is 5.92 Å². The highest BCUT2D eigenvalue weighted by molar-refractivity contribution is 8.00. The first-order valence-electron chi connectivity index (χ1n) is 15.0. The Morgan fingerprint density at radius 1 is 0.778 bits per heavy atom. The number of hydrogen-bond donors (Lipinski definition) is 0. The topological polar surface area (TPSA) is 66.4 Å². The maximum atomic E-state index is 13.2. The van der Waals surface area contributed by atoms with Gasteiger partial charge in [0.05, 0.1) is 21.6 Å². The Hall–Kier alpha value is -3.76. The van der Waals surface area contributed by atoms with Gasteiger partial charge in [-0.05, 0) is 79.6 Å². The average Bonchev–Trinajstić information content (AvgIpc) is 3.06. The molecule has 4 aromatic rings. The highest BCUT2D eigenvalue weighted by Crippen LogP contribution is 2.32. The van der Waals surface area contributed by atoms with Crippen LogP contribution in [0.1, 0.15) is 42.0 Å². The van der Waals surface area contributed by atoms with E-state index in [2.05, 4.69) is 35.1 Å². The predicted octanol–water partition coefficient (Wildman–Crippen LogP) is 7.73. The number of fused-ring (bicyclic) bond motifs is 2. The minimum Gasteiger partial charge on any atom is -0.311 e. The fourth-order valence-electron chi connectivity index (χ4n) is 5.47. The van der Waals surface area contributed by atoms with Crippen LogP contribution in [-0.4, -0.2) is 46.4 Å². The number of alkyl halides is 2. The highest BCUT2D eigenvalue weighted by Gasteiger charge is 2.26. The maximum Gasteiger partial charge on any atom is 0.272 e. The first-order valence-corrected chi connectivity index (χ1v) is 17.0. The Bertz CT molecular complexity index is 1610. The van der Waals surface area contributed by atoms with Crippen LogP contribution >= 0.6 is 23.5 Å². The number of carbonyl (C=O) groups is 2. The van der Waals surface area contributed by atoms with Gasteiger partial charge in [0.2, 0.25) is 11.8 Å². The second-order valence-corrected chi connectivity index (χ2v) is 13.0. The van der Waals surface area contributed by atoms with E-state index >= 15 is 0 Å². The lowest BCUT2D eigenvalue weighted by molar-refractivity contribution is -0.117. The maximum absolute atomic E-state index is 13.2. The summed E-state index contributed by atoms with van der Waals surface area (Å²) in [5.41, 5.74) is 5.64. The van der Waals surface area contributed by atoms with E-state index in [9.17, 15) is 18.4 Å². The summed E-state index contributed by atoms with van der Waals surface area (Å²) in [6, 6.07) is 22.9. The SMILES string of the molecule is CC(F)(F)c1ccc(SCC(=O)N2CCCc3ccccc32)nc1.Cc1cccc2c1N(C(=O)CSc1ccccn1)CCC2. The Labute approximate surface area is 271 Å². The number of anilines is 2. The number of aryl methyl sites for hydroxylation is 3. The Morgan fingerprint density at radius 3 is 2.11 bits per heavy atom. The van der Waals surface area contributed by atoms with E-state index in [-0.39, 0.29) is 23.1 Å². The van der Waals surface area contributed by atoms with E-state index in [0.717, 1.165) is 55.6 Å². The standard InChI is InChI=1S/C18H18F2N2OS.C17H18N2OS/c1-18(19,20)14-8-9-16(21-11-14)24-12-17(23)22-10-4-6-13-5-2-3-7-15(13)22;1-13-6-4-7-14-8-5-11-19(17(13)14)16(20)12-21-15-9-2-3-10-18-15/h2-3,5,7-9,11H,4,6,10,12H2,1H3;2-4,6-7,9-10H,5,8,11-12H2,1H3. The van der Waals surface area contributed by atoms with Gasteiger partial charge in [-0.3, -0.25) is 9.59 Å². The Kier molecular flexibility index (Phi) is 10.9. The van der Waals surface area contributed by atoms with Crippen LogP contribution in [0.15, 0.2) is 95.2 Å². The molecule has 0 atom stereocenters. The van der Waals surface area contributed by atoms with Crippen molar-refractivity contribution >= 4 is 46.7 Å². The van der Waals surface area contributed by atoms with E-state index in [1.165, 1.54) is 58.5 Å². The van der Waals surface area contributed by atoms with Gasteiger partial charge in [0.1, 0.15) is 0 Å². The third-order valence-electron chi connectivity index (χ3n) is 7.70. The Morgan fingerprint density at radius 2 is 1.42 bits per heavy atom. The number of hydrogen-bond acceptors (Lipinski definition) is 6. The highest BCUT2D eigenvalue weighted by atomic mass is 32.2. The summed E-state index contributed by atoms with van der Waals surface area (Å²) in [5.74, 6) is -2.04. The van der Waals surface area contributed by atoms with E-state index < -0.39 is 5.92 Å². The van der Waals surface area contributed by atoms with Crippen LogP contribution < -0.4 is 9.80 Å². The third-order valence-corrected chi connectivity index (χ3v) is 9.56. The second-order valence-electron chi connectivity index (χ2n) is 11.0. The van der Waals surface area contributed by atoms with Crippen molar-refractivity contribution in [2.45, 2.75) is 55.5 Å². The predicted molar refractivity (Wildman–Crippen MR) is 178 cm³/mol. The molecule has 234 valence electrons. The number of rotatable bonds is 7. The molecular formula is C35H36F2N4O2S2. The van der Waals surface area contributed by atoms with Gasteiger partial charge in [0, 0.05) is 49.3 Å². The lowest BCUT2D eigenvalue weighted by Crippen LogP contribution is -2.37. The third kappa shape index (κ3) is 8.49. The number of nitrogens with zero attached hydrogens (tertiary/aromatic N) is 4. The average molecular weight is 647 g/mol. The minimum absolute atomic E-state index is 0.0128. The van der Waals surface area contributed by atoms with Crippen LogP contribution in [0.3, 0.4) is 0 Å². The number of para-hydroxylation sites is 2. The molecule has 0 aliphatic carbocycles. The summed E-state index contributed by atoms with van der Waals surface area (Å²) in [6.45, 7) is 4.45. The summed E-state index contributed by atoms with van der Waals surface area (Å²) >= 11 is 2.77. The number of carbonyl (C=O) groups excluding carboxylic acids is 2. The number of halogens is 2. The van der Waals surface area contributed by atoms with Crippen LogP contribution in [0.4, 0.5) is 20.2 Å². The van der Waals surface area contributed by atoms with E-state index in [0.29, 0.717) is 17.3 Å². The van der Waals surface area contributed by atoms with Crippen molar-refractivity contribution < 1.29 is 18.4 Å². The first-order chi connectivity index (χ1) is 21.7. The summed E-state index contributed by atoms with van der Waals surface area (Å²) in [6.07, 6.45) is 6.97. The van der Waals surface area contributed by atoms with Gasteiger partial charge in [-0.25, -0.2) is 18.7 Å². The monoisotopic (exact) mass is 646 g/mol. The van der Waals surface area contributed by atoms with Gasteiger partial charge in [-0.2, -0.15) is 0 Å². The van der Waals surface area contributed by atoms with Crippen LogP contribution in [-0.2, 0) is 28.4 Å². The zero-order valence-corrected chi connectivity index (χ0v) is 27.1. The number of thioether (sulfide) groups is 2. The molecule has 0 saturated carbocycles. The molecule has 0 spiro atoms. The molecule has 45 heavy (non-hydrogen) atoms. The van der Waals surface area contributed by atoms with Crippen molar-refractivity contribution in [1.29, 1.82) is 0 Å². The quantitative estimate of drug-likeness (QED) is 0.192. The second kappa shape index (κ2) is 15.0. The van der Waals surface area contributed by atoms with Gasteiger partial charge in [-0.1, -0.05) is 66.0 Å². The van der Waals surface area contributed by atoms with Crippen LogP contribution in [0.25, 0.3) is 0 Å². The van der Waals surface area contributed by atoms with Crippen molar-refractivity contribution in [1.82, 2.24) is 9.97 Å². The minimum atomic E-state index is -2.90. The molecule has 6 nitrogen and oxygen atoms in total. The molecular weight excluding hydrogens is 611 g/mol. The van der Waals surface area contributed by atoms with Crippen LogP contribution in [0, 0.1) is 6.92 Å². The first kappa shape index (κ1) is 32.6. The van der Waals surface area contributed by atoms with Crippen molar-refractivity contribution in [3.8, 4) is 0 Å². The van der Waals surface area contributed by atoms with Gasteiger partial charge >= 0.3 is 0 Å². The molecule has 0 fully saturated rings. The zero-order valence-electron chi connectivity index (χ0n) is 25.4. The van der Waals surface area contributed by atoms with Crippen LogP contribution in [0.5, 0.6) is 0 Å². The lowest BCUT2D eigenvalue weighted by Gasteiger charge is -2.31. The fourth-order valence-corrected chi connectivity index (χ4v) is 6.93. The molecule has 0 bridgehead atoms.